The summed E-state index contributed by atoms with van der Waals surface area (Å²) in [5.41, 5.74) is 6.47. The van der Waals surface area contributed by atoms with E-state index in [4.69, 9.17) is 11.0 Å². The highest BCUT2D eigenvalue weighted by Crippen LogP contribution is 2.08. The van der Waals surface area contributed by atoms with E-state index < -0.39 is 0 Å². The van der Waals surface area contributed by atoms with Crippen molar-refractivity contribution in [2.45, 2.75) is 0 Å². The molecule has 0 bridgehead atoms. The zero-order valence-corrected chi connectivity index (χ0v) is 5.13. The number of nitriles is 1. The van der Waals surface area contributed by atoms with Gasteiger partial charge in [0.05, 0.1) is 5.69 Å². The molecule has 0 amide bonds. The maximum Gasteiger partial charge on any atom is 0.143 e. The summed E-state index contributed by atoms with van der Waals surface area (Å²) < 4.78 is 1.69. The quantitative estimate of drug-likeness (QED) is 0.542. The highest BCUT2D eigenvalue weighted by Gasteiger charge is 1.98. The summed E-state index contributed by atoms with van der Waals surface area (Å²) in [6.07, 6.45) is 1.76. The summed E-state index contributed by atoms with van der Waals surface area (Å²) in [7, 11) is 1.79. The van der Waals surface area contributed by atoms with Crippen LogP contribution in [0.1, 0.15) is 5.69 Å². The molecule has 0 fully saturated rings. The van der Waals surface area contributed by atoms with Crippen LogP contribution in [0.15, 0.2) is 12.3 Å². The summed E-state index contributed by atoms with van der Waals surface area (Å²) >= 11 is 0. The van der Waals surface area contributed by atoms with E-state index >= 15 is 0 Å². The number of aryl methyl sites for hydroxylation is 1. The minimum absolute atomic E-state index is 0.523. The van der Waals surface area contributed by atoms with Gasteiger partial charge in [0.25, 0.3) is 0 Å². The molecule has 0 atom stereocenters. The van der Waals surface area contributed by atoms with Gasteiger partial charge < -0.3 is 10.3 Å². The molecule has 0 unspecified atom stereocenters. The van der Waals surface area contributed by atoms with Crippen LogP contribution in [0.3, 0.4) is 0 Å². The lowest BCUT2D eigenvalue weighted by Gasteiger charge is -1.90. The fourth-order valence-electron chi connectivity index (χ4n) is 0.693. The van der Waals surface area contributed by atoms with Gasteiger partial charge in [-0.2, -0.15) is 5.26 Å². The van der Waals surface area contributed by atoms with Gasteiger partial charge in [-0.1, -0.05) is 0 Å². The Morgan fingerprint density at radius 2 is 2.44 bits per heavy atom. The van der Waals surface area contributed by atoms with Gasteiger partial charge >= 0.3 is 0 Å². The van der Waals surface area contributed by atoms with Gasteiger partial charge in [0.15, 0.2) is 0 Å². The molecular weight excluding hydrogens is 114 g/mol. The lowest BCUT2D eigenvalue weighted by Crippen LogP contribution is -1.92. The van der Waals surface area contributed by atoms with Crippen LogP contribution < -0.4 is 5.73 Å². The van der Waals surface area contributed by atoms with Crippen LogP contribution in [0, 0.1) is 11.3 Å². The number of hydrogen-bond acceptors (Lipinski definition) is 2. The number of nitrogens with zero attached hydrogens (tertiary/aromatic N) is 2. The first-order valence-corrected chi connectivity index (χ1v) is 2.56. The predicted octanol–water partition coefficient (Wildman–Crippen LogP) is 0.479. The molecule has 1 aromatic heterocycles. The molecule has 0 aromatic carbocycles. The van der Waals surface area contributed by atoms with Crippen LogP contribution in [0.25, 0.3) is 0 Å². The zero-order chi connectivity index (χ0) is 6.85. The van der Waals surface area contributed by atoms with Gasteiger partial charge in [-0.05, 0) is 6.07 Å². The maximum atomic E-state index is 8.44. The molecule has 0 spiro atoms. The number of nitrogen functional groups attached to an aromatic ring is 1. The van der Waals surface area contributed by atoms with Crippen LogP contribution in [0.4, 0.5) is 5.69 Å². The van der Waals surface area contributed by atoms with Crippen LogP contribution in [0.5, 0.6) is 0 Å². The normalized spacial score (nSPS) is 8.89. The van der Waals surface area contributed by atoms with Gasteiger partial charge in [0, 0.05) is 13.2 Å². The summed E-state index contributed by atoms with van der Waals surface area (Å²) in [5.74, 6) is 0. The molecular formula is C6H7N3. The third kappa shape index (κ3) is 0.745. The largest absolute Gasteiger partial charge is 0.396 e. The Hall–Kier alpha value is -1.43. The van der Waals surface area contributed by atoms with E-state index in [9.17, 15) is 0 Å². The van der Waals surface area contributed by atoms with E-state index in [1.54, 1.807) is 23.9 Å². The Balaban J connectivity index is 3.27. The maximum absolute atomic E-state index is 8.44. The number of nitrogens with two attached hydrogens (primary N) is 1. The highest BCUT2D eigenvalue weighted by atomic mass is 14.9. The summed E-state index contributed by atoms with van der Waals surface area (Å²) in [4.78, 5) is 0. The van der Waals surface area contributed by atoms with Crippen molar-refractivity contribution in [1.29, 1.82) is 5.26 Å². The topological polar surface area (TPSA) is 54.7 Å². The highest BCUT2D eigenvalue weighted by molar-refractivity contribution is 5.50. The lowest BCUT2D eigenvalue weighted by molar-refractivity contribution is 0.909. The molecule has 1 aromatic rings. The molecule has 0 radical (unpaired) electrons. The number of hydrogen-bond donors (Lipinski definition) is 1. The van der Waals surface area contributed by atoms with Crippen molar-refractivity contribution in [3.8, 4) is 6.07 Å². The van der Waals surface area contributed by atoms with Gasteiger partial charge in [0.2, 0.25) is 0 Å². The predicted molar refractivity (Wildman–Crippen MR) is 34.5 cm³/mol. The second kappa shape index (κ2) is 1.82. The van der Waals surface area contributed by atoms with Crippen molar-refractivity contribution in [3.05, 3.63) is 18.0 Å². The monoisotopic (exact) mass is 121 g/mol. The van der Waals surface area contributed by atoms with Gasteiger partial charge in [-0.15, -0.1) is 0 Å². The second-order valence-electron chi connectivity index (χ2n) is 1.84. The molecule has 9 heavy (non-hydrogen) atoms. The van der Waals surface area contributed by atoms with Gasteiger partial charge in [-0.25, -0.2) is 0 Å². The molecule has 0 saturated carbocycles. The standard InChI is InChI=1S/C6H7N3/c1-9-3-2-5(8)6(9)4-7/h2-3H,8H2,1H3. The Morgan fingerprint density at radius 1 is 1.78 bits per heavy atom. The van der Waals surface area contributed by atoms with Crippen LogP contribution in [-0.4, -0.2) is 4.57 Å². The van der Waals surface area contributed by atoms with E-state index in [2.05, 4.69) is 0 Å². The molecule has 1 heterocycles. The van der Waals surface area contributed by atoms with Crippen LogP contribution in [0.2, 0.25) is 0 Å². The Bertz CT molecular complexity index is 234. The summed E-state index contributed by atoms with van der Waals surface area (Å²) in [6, 6.07) is 3.69. The summed E-state index contributed by atoms with van der Waals surface area (Å²) in [5, 5.41) is 8.44. The fourth-order valence-corrected chi connectivity index (χ4v) is 0.693. The molecule has 0 saturated heterocycles. The first-order chi connectivity index (χ1) is 4.25. The number of anilines is 1. The fraction of sp³-hybridized carbons (Fsp3) is 0.167. The van der Waals surface area contributed by atoms with Gasteiger partial charge in [-0.3, -0.25) is 0 Å². The van der Waals surface area contributed by atoms with E-state index in [-0.39, 0.29) is 0 Å². The SMILES string of the molecule is Cn1ccc(N)c1C#N. The van der Waals surface area contributed by atoms with Gasteiger partial charge in [0.1, 0.15) is 11.8 Å². The van der Waals surface area contributed by atoms with Crippen molar-refractivity contribution < 1.29 is 0 Å². The first-order valence-electron chi connectivity index (χ1n) is 2.56. The lowest BCUT2D eigenvalue weighted by atomic mass is 10.4. The smallest absolute Gasteiger partial charge is 0.143 e. The molecule has 3 nitrogen and oxygen atoms in total. The molecule has 46 valence electrons. The Kier molecular flexibility index (Phi) is 1.16. The number of rotatable bonds is 0. The minimum atomic E-state index is 0.523. The minimum Gasteiger partial charge on any atom is -0.396 e. The number of aromatic nitrogens is 1. The van der Waals surface area contributed by atoms with E-state index in [1.807, 2.05) is 6.07 Å². The molecule has 0 aliphatic rings. The van der Waals surface area contributed by atoms with Crippen molar-refractivity contribution in [3.63, 3.8) is 0 Å². The summed E-state index contributed by atoms with van der Waals surface area (Å²) in [6.45, 7) is 0. The molecule has 0 aliphatic carbocycles. The van der Waals surface area contributed by atoms with Crippen molar-refractivity contribution in [2.24, 2.45) is 7.05 Å². The third-order valence-electron chi connectivity index (χ3n) is 1.21. The molecule has 2 N–H and O–H groups in total. The van der Waals surface area contributed by atoms with E-state index in [1.165, 1.54) is 0 Å². The molecule has 0 aliphatic heterocycles. The molecule has 3 heteroatoms. The Morgan fingerprint density at radius 3 is 2.67 bits per heavy atom. The third-order valence-corrected chi connectivity index (χ3v) is 1.21. The molecule has 1 rings (SSSR count). The van der Waals surface area contributed by atoms with Crippen molar-refractivity contribution in [2.75, 3.05) is 5.73 Å². The van der Waals surface area contributed by atoms with Crippen LogP contribution in [-0.2, 0) is 7.05 Å². The van der Waals surface area contributed by atoms with Crippen LogP contribution >= 0.6 is 0 Å². The first kappa shape index (κ1) is 5.70. The van der Waals surface area contributed by atoms with Crippen molar-refractivity contribution in [1.82, 2.24) is 4.57 Å². The average molecular weight is 121 g/mol. The van der Waals surface area contributed by atoms with E-state index in [0.717, 1.165) is 0 Å². The Labute approximate surface area is 53.3 Å². The van der Waals surface area contributed by atoms with E-state index in [0.29, 0.717) is 11.4 Å². The average Bonchev–Trinajstić information content (AvgIpc) is 2.12. The second-order valence-corrected chi connectivity index (χ2v) is 1.84. The van der Waals surface area contributed by atoms with Crippen molar-refractivity contribution >= 4 is 5.69 Å². The zero-order valence-electron chi connectivity index (χ0n) is 5.13.